The Labute approximate surface area is 127 Å². The highest BCUT2D eigenvalue weighted by molar-refractivity contribution is 9.10. The second-order valence-electron chi connectivity index (χ2n) is 5.05. The molecule has 1 aromatic carbocycles. The van der Waals surface area contributed by atoms with E-state index in [0.717, 1.165) is 10.0 Å². The van der Waals surface area contributed by atoms with E-state index in [1.165, 1.54) is 12.1 Å². The van der Waals surface area contributed by atoms with Crippen molar-refractivity contribution in [2.24, 2.45) is 5.92 Å². The standard InChI is InChI=1S/C13H18BrNO4S/c1-8(2)6-12(13(16)17)15-20(18,19)10-4-5-11(14)9(3)7-10/h4-5,7-8,12,15H,6H2,1-3H3,(H,16,17). The van der Waals surface area contributed by atoms with E-state index in [4.69, 9.17) is 5.11 Å². The minimum atomic E-state index is -3.84. The Morgan fingerprint density at radius 2 is 2.00 bits per heavy atom. The van der Waals surface area contributed by atoms with Crippen molar-refractivity contribution in [1.29, 1.82) is 0 Å². The molecule has 0 saturated heterocycles. The van der Waals surface area contributed by atoms with Crippen molar-refractivity contribution in [3.63, 3.8) is 0 Å². The average Bonchev–Trinajstić information content (AvgIpc) is 2.30. The maximum absolute atomic E-state index is 12.2. The monoisotopic (exact) mass is 363 g/mol. The van der Waals surface area contributed by atoms with Crippen molar-refractivity contribution < 1.29 is 18.3 Å². The second kappa shape index (κ2) is 6.69. The van der Waals surface area contributed by atoms with Crippen LogP contribution in [-0.2, 0) is 14.8 Å². The van der Waals surface area contributed by atoms with Gasteiger partial charge in [-0.1, -0.05) is 29.8 Å². The van der Waals surface area contributed by atoms with Crippen LogP contribution in [0.5, 0.6) is 0 Å². The molecule has 1 atom stereocenters. The highest BCUT2D eigenvalue weighted by Crippen LogP contribution is 2.20. The summed E-state index contributed by atoms with van der Waals surface area (Å²) in [5.41, 5.74) is 0.767. The van der Waals surface area contributed by atoms with E-state index < -0.39 is 22.0 Å². The molecule has 1 rings (SSSR count). The molecule has 0 spiro atoms. The molecule has 0 aliphatic carbocycles. The van der Waals surface area contributed by atoms with Crippen molar-refractivity contribution in [3.8, 4) is 0 Å². The predicted octanol–water partition coefficient (Wildman–Crippen LogP) is 2.54. The summed E-state index contributed by atoms with van der Waals surface area (Å²) in [4.78, 5) is 11.2. The van der Waals surface area contributed by atoms with Crippen LogP contribution >= 0.6 is 15.9 Å². The molecular formula is C13H18BrNO4S. The molecule has 112 valence electrons. The Kier molecular flexibility index (Phi) is 5.73. The molecule has 0 aliphatic heterocycles. The van der Waals surface area contributed by atoms with Crippen molar-refractivity contribution in [3.05, 3.63) is 28.2 Å². The number of nitrogens with one attached hydrogen (secondary N) is 1. The summed E-state index contributed by atoms with van der Waals surface area (Å²) in [6.07, 6.45) is 0.240. The van der Waals surface area contributed by atoms with Crippen molar-refractivity contribution in [2.75, 3.05) is 0 Å². The number of hydrogen-bond donors (Lipinski definition) is 2. The summed E-state index contributed by atoms with van der Waals surface area (Å²) >= 11 is 3.29. The number of sulfonamides is 1. The molecule has 5 nitrogen and oxygen atoms in total. The van der Waals surface area contributed by atoms with Crippen LogP contribution in [0.1, 0.15) is 25.8 Å². The lowest BCUT2D eigenvalue weighted by Gasteiger charge is -2.17. The molecule has 0 fully saturated rings. The third kappa shape index (κ3) is 4.57. The van der Waals surface area contributed by atoms with Gasteiger partial charge in [0.25, 0.3) is 0 Å². The van der Waals surface area contributed by atoms with Gasteiger partial charge < -0.3 is 5.11 Å². The first-order valence-electron chi connectivity index (χ1n) is 6.14. The number of benzene rings is 1. The summed E-state index contributed by atoms with van der Waals surface area (Å²) in [6.45, 7) is 5.45. The molecule has 0 aromatic heterocycles. The van der Waals surface area contributed by atoms with Crippen LogP contribution in [0.4, 0.5) is 0 Å². The van der Waals surface area contributed by atoms with Gasteiger partial charge in [-0.25, -0.2) is 8.42 Å². The van der Waals surface area contributed by atoms with Gasteiger partial charge in [-0.3, -0.25) is 4.79 Å². The third-order valence-electron chi connectivity index (χ3n) is 2.74. The van der Waals surface area contributed by atoms with Gasteiger partial charge in [-0.15, -0.1) is 0 Å². The summed E-state index contributed by atoms with van der Waals surface area (Å²) < 4.78 is 27.4. The first-order valence-corrected chi connectivity index (χ1v) is 8.42. The zero-order valence-corrected chi connectivity index (χ0v) is 14.0. The van der Waals surface area contributed by atoms with Crippen LogP contribution in [0.3, 0.4) is 0 Å². The van der Waals surface area contributed by atoms with Crippen LogP contribution in [0, 0.1) is 12.8 Å². The van der Waals surface area contributed by atoms with E-state index in [2.05, 4.69) is 20.7 Å². The van der Waals surface area contributed by atoms with Gasteiger partial charge in [0.15, 0.2) is 0 Å². The normalized spacial score (nSPS) is 13.4. The molecule has 0 radical (unpaired) electrons. The molecular weight excluding hydrogens is 346 g/mol. The number of carbonyl (C=O) groups is 1. The molecule has 0 heterocycles. The van der Waals surface area contributed by atoms with Gasteiger partial charge in [0, 0.05) is 4.47 Å². The molecule has 1 aromatic rings. The number of aliphatic carboxylic acids is 1. The van der Waals surface area contributed by atoms with E-state index in [1.54, 1.807) is 13.0 Å². The van der Waals surface area contributed by atoms with Crippen LogP contribution < -0.4 is 4.72 Å². The zero-order valence-electron chi connectivity index (χ0n) is 11.6. The van der Waals surface area contributed by atoms with Crippen LogP contribution in [0.15, 0.2) is 27.6 Å². The topological polar surface area (TPSA) is 83.5 Å². The van der Waals surface area contributed by atoms with Gasteiger partial charge in [0.2, 0.25) is 10.0 Å². The molecule has 0 amide bonds. The summed E-state index contributed by atoms with van der Waals surface area (Å²) in [5.74, 6) is -1.10. The lowest BCUT2D eigenvalue weighted by Crippen LogP contribution is -2.41. The first-order chi connectivity index (χ1) is 9.13. The molecule has 20 heavy (non-hydrogen) atoms. The van der Waals surface area contributed by atoms with Gasteiger partial charge in [-0.05, 0) is 43.0 Å². The van der Waals surface area contributed by atoms with Gasteiger partial charge >= 0.3 is 5.97 Å². The van der Waals surface area contributed by atoms with E-state index in [9.17, 15) is 13.2 Å². The van der Waals surface area contributed by atoms with Gasteiger partial charge in [0.05, 0.1) is 4.90 Å². The van der Waals surface area contributed by atoms with E-state index >= 15 is 0 Å². The molecule has 2 N–H and O–H groups in total. The fourth-order valence-corrected chi connectivity index (χ4v) is 3.24. The zero-order chi connectivity index (χ0) is 15.5. The minimum absolute atomic E-state index is 0.0632. The Balaban J connectivity index is 3.03. The Hall–Kier alpha value is -0.920. The molecule has 0 saturated carbocycles. The fraction of sp³-hybridized carbons (Fsp3) is 0.462. The third-order valence-corrected chi connectivity index (χ3v) is 5.10. The number of rotatable bonds is 6. The maximum Gasteiger partial charge on any atom is 0.321 e. The number of hydrogen-bond acceptors (Lipinski definition) is 3. The summed E-state index contributed by atoms with van der Waals surface area (Å²) in [5, 5.41) is 9.10. The number of carboxylic acids is 1. The number of aryl methyl sites for hydroxylation is 1. The smallest absolute Gasteiger partial charge is 0.321 e. The molecule has 0 bridgehead atoms. The van der Waals surface area contributed by atoms with Gasteiger partial charge in [-0.2, -0.15) is 4.72 Å². The molecule has 1 unspecified atom stereocenters. The Morgan fingerprint density at radius 1 is 1.40 bits per heavy atom. The quantitative estimate of drug-likeness (QED) is 0.813. The average molecular weight is 364 g/mol. The summed E-state index contributed by atoms with van der Waals surface area (Å²) in [7, 11) is -3.84. The van der Waals surface area contributed by atoms with E-state index in [-0.39, 0.29) is 17.2 Å². The van der Waals surface area contributed by atoms with E-state index in [1.807, 2.05) is 13.8 Å². The summed E-state index contributed by atoms with van der Waals surface area (Å²) in [6, 6.07) is 3.44. The second-order valence-corrected chi connectivity index (χ2v) is 7.62. The Morgan fingerprint density at radius 3 is 2.45 bits per heavy atom. The van der Waals surface area contributed by atoms with Gasteiger partial charge in [0.1, 0.15) is 6.04 Å². The van der Waals surface area contributed by atoms with Crippen molar-refractivity contribution in [2.45, 2.75) is 38.1 Å². The fourth-order valence-electron chi connectivity index (χ4n) is 1.71. The number of carboxylic acid groups (broad SMARTS) is 1. The van der Waals surface area contributed by atoms with Crippen molar-refractivity contribution >= 4 is 31.9 Å². The van der Waals surface area contributed by atoms with Crippen LogP contribution in [0.2, 0.25) is 0 Å². The highest BCUT2D eigenvalue weighted by Gasteiger charge is 2.26. The van der Waals surface area contributed by atoms with Crippen molar-refractivity contribution in [1.82, 2.24) is 4.72 Å². The lowest BCUT2D eigenvalue weighted by atomic mass is 10.1. The van der Waals surface area contributed by atoms with Crippen LogP contribution in [0.25, 0.3) is 0 Å². The Bertz CT molecular complexity index is 598. The lowest BCUT2D eigenvalue weighted by molar-refractivity contribution is -0.139. The largest absolute Gasteiger partial charge is 0.480 e. The maximum atomic E-state index is 12.2. The highest BCUT2D eigenvalue weighted by atomic mass is 79.9. The first kappa shape index (κ1) is 17.1. The predicted molar refractivity (Wildman–Crippen MR) is 80.1 cm³/mol. The molecule has 7 heteroatoms. The minimum Gasteiger partial charge on any atom is -0.480 e. The SMILES string of the molecule is Cc1cc(S(=O)(=O)NC(CC(C)C)C(=O)O)ccc1Br. The number of halogens is 1. The van der Waals surface area contributed by atoms with E-state index in [0.29, 0.717) is 0 Å². The molecule has 0 aliphatic rings. The van der Waals surface area contributed by atoms with Crippen LogP contribution in [-0.4, -0.2) is 25.5 Å².